The molecule has 29 heavy (non-hydrogen) atoms. The van der Waals surface area contributed by atoms with Crippen molar-refractivity contribution in [3.8, 4) is 0 Å². The van der Waals surface area contributed by atoms with Gasteiger partial charge >= 0.3 is 11.9 Å². The molecule has 0 spiro atoms. The molecule has 0 aliphatic heterocycles. The van der Waals surface area contributed by atoms with Gasteiger partial charge in [-0.05, 0) is 24.3 Å². The Balaban J connectivity index is 2.02. The summed E-state index contributed by atoms with van der Waals surface area (Å²) >= 11 is 0. The van der Waals surface area contributed by atoms with Crippen molar-refractivity contribution in [1.82, 2.24) is 9.97 Å². The summed E-state index contributed by atoms with van der Waals surface area (Å²) in [6, 6.07) is 7.00. The SMILES string of the molecule is O=[N+]([O-])c1c(Nc2ccc(F)c(F)c2)ncnc1Nc1ccccc1C(F)(F)F. The fourth-order valence-electron chi connectivity index (χ4n) is 2.41. The number of hydrogen-bond donors (Lipinski definition) is 2. The second kappa shape index (κ2) is 7.66. The van der Waals surface area contributed by atoms with Crippen LogP contribution in [-0.4, -0.2) is 14.9 Å². The Morgan fingerprint density at radius 2 is 1.59 bits per heavy atom. The summed E-state index contributed by atoms with van der Waals surface area (Å²) in [6.07, 6.45) is -3.84. The molecule has 1 aromatic heterocycles. The smallest absolute Gasteiger partial charge is 0.334 e. The third-order valence-corrected chi connectivity index (χ3v) is 3.67. The molecule has 0 atom stereocenters. The lowest BCUT2D eigenvalue weighted by Crippen LogP contribution is -2.10. The van der Waals surface area contributed by atoms with Crippen molar-refractivity contribution in [3.05, 3.63) is 76.1 Å². The molecular formula is C17H10F5N5O2. The summed E-state index contributed by atoms with van der Waals surface area (Å²) < 4.78 is 65.9. The predicted molar refractivity (Wildman–Crippen MR) is 93.1 cm³/mol. The van der Waals surface area contributed by atoms with Crippen molar-refractivity contribution in [2.45, 2.75) is 6.18 Å². The molecule has 3 aromatic rings. The number of para-hydroxylation sites is 1. The second-order valence-electron chi connectivity index (χ2n) is 5.60. The highest BCUT2D eigenvalue weighted by Gasteiger charge is 2.34. The lowest BCUT2D eigenvalue weighted by molar-refractivity contribution is -0.383. The van der Waals surface area contributed by atoms with Gasteiger partial charge in [0.15, 0.2) is 11.6 Å². The van der Waals surface area contributed by atoms with Gasteiger partial charge in [-0.2, -0.15) is 13.2 Å². The maximum atomic E-state index is 13.4. The number of anilines is 4. The van der Waals surface area contributed by atoms with E-state index in [-0.39, 0.29) is 5.69 Å². The van der Waals surface area contributed by atoms with E-state index in [0.29, 0.717) is 0 Å². The normalized spacial score (nSPS) is 11.2. The molecule has 7 nitrogen and oxygen atoms in total. The Kier molecular flexibility index (Phi) is 5.26. The van der Waals surface area contributed by atoms with E-state index in [1.54, 1.807) is 0 Å². The van der Waals surface area contributed by atoms with E-state index in [1.165, 1.54) is 12.1 Å². The molecule has 0 aliphatic rings. The quantitative estimate of drug-likeness (QED) is 0.342. The van der Waals surface area contributed by atoms with Gasteiger partial charge in [0.05, 0.1) is 16.2 Å². The van der Waals surface area contributed by atoms with Crippen LogP contribution in [0.1, 0.15) is 5.56 Å². The zero-order valence-electron chi connectivity index (χ0n) is 14.2. The van der Waals surface area contributed by atoms with Crippen LogP contribution in [0, 0.1) is 21.7 Å². The van der Waals surface area contributed by atoms with Crippen LogP contribution in [0.15, 0.2) is 48.8 Å². The van der Waals surface area contributed by atoms with Gasteiger partial charge < -0.3 is 10.6 Å². The molecular weight excluding hydrogens is 401 g/mol. The number of nitrogens with zero attached hydrogens (tertiary/aromatic N) is 3. The highest BCUT2D eigenvalue weighted by atomic mass is 19.4. The second-order valence-corrected chi connectivity index (χ2v) is 5.60. The maximum absolute atomic E-state index is 13.4. The Morgan fingerprint density at radius 3 is 2.21 bits per heavy atom. The van der Waals surface area contributed by atoms with Crippen molar-refractivity contribution in [2.24, 2.45) is 0 Å². The number of alkyl halides is 3. The summed E-state index contributed by atoms with van der Waals surface area (Å²) in [5.74, 6) is -3.28. The minimum atomic E-state index is -4.71. The molecule has 0 amide bonds. The van der Waals surface area contributed by atoms with Crippen molar-refractivity contribution in [1.29, 1.82) is 0 Å². The fourth-order valence-corrected chi connectivity index (χ4v) is 2.41. The van der Waals surface area contributed by atoms with Crippen molar-refractivity contribution < 1.29 is 26.9 Å². The third-order valence-electron chi connectivity index (χ3n) is 3.67. The first-order valence-corrected chi connectivity index (χ1v) is 7.81. The molecule has 0 fully saturated rings. The molecule has 2 N–H and O–H groups in total. The summed E-state index contributed by atoms with van der Waals surface area (Å²) in [6.45, 7) is 0. The van der Waals surface area contributed by atoms with Gasteiger partial charge in [-0.1, -0.05) is 12.1 Å². The van der Waals surface area contributed by atoms with Crippen LogP contribution in [0.5, 0.6) is 0 Å². The topological polar surface area (TPSA) is 93.0 Å². The van der Waals surface area contributed by atoms with E-state index >= 15 is 0 Å². The van der Waals surface area contributed by atoms with Gasteiger partial charge in [-0.25, -0.2) is 18.7 Å². The van der Waals surface area contributed by atoms with E-state index < -0.39 is 51.3 Å². The van der Waals surface area contributed by atoms with E-state index in [4.69, 9.17) is 0 Å². The van der Waals surface area contributed by atoms with Gasteiger partial charge in [0.1, 0.15) is 6.33 Å². The zero-order valence-corrected chi connectivity index (χ0v) is 14.2. The molecule has 0 aliphatic carbocycles. The number of nitro groups is 1. The molecule has 0 saturated heterocycles. The van der Waals surface area contributed by atoms with Gasteiger partial charge in [-0.3, -0.25) is 10.1 Å². The Bertz CT molecular complexity index is 1070. The van der Waals surface area contributed by atoms with E-state index in [1.807, 2.05) is 0 Å². The lowest BCUT2D eigenvalue weighted by atomic mass is 10.1. The van der Waals surface area contributed by atoms with Gasteiger partial charge in [0, 0.05) is 11.8 Å². The molecule has 12 heteroatoms. The zero-order chi connectivity index (χ0) is 21.2. The van der Waals surface area contributed by atoms with E-state index in [0.717, 1.165) is 36.7 Å². The first kappa shape index (κ1) is 19.9. The van der Waals surface area contributed by atoms with Crippen molar-refractivity contribution in [3.63, 3.8) is 0 Å². The highest BCUT2D eigenvalue weighted by molar-refractivity contribution is 5.77. The molecule has 0 bridgehead atoms. The third kappa shape index (κ3) is 4.36. The number of aromatic nitrogens is 2. The highest BCUT2D eigenvalue weighted by Crippen LogP contribution is 2.38. The van der Waals surface area contributed by atoms with Gasteiger partial charge in [0.25, 0.3) is 0 Å². The van der Waals surface area contributed by atoms with Crippen LogP contribution in [0.2, 0.25) is 0 Å². The van der Waals surface area contributed by atoms with Crippen LogP contribution in [-0.2, 0) is 6.18 Å². The first-order valence-electron chi connectivity index (χ1n) is 7.81. The van der Waals surface area contributed by atoms with Crippen LogP contribution < -0.4 is 10.6 Å². The lowest BCUT2D eigenvalue weighted by Gasteiger charge is -2.14. The molecule has 1 heterocycles. The fraction of sp³-hybridized carbons (Fsp3) is 0.0588. The molecule has 0 unspecified atom stereocenters. The van der Waals surface area contributed by atoms with Crippen LogP contribution in [0.4, 0.5) is 50.6 Å². The number of hydrogen-bond acceptors (Lipinski definition) is 6. The molecule has 0 saturated carbocycles. The molecule has 3 rings (SSSR count). The summed E-state index contributed by atoms with van der Waals surface area (Å²) in [7, 11) is 0. The largest absolute Gasteiger partial charge is 0.418 e. The minimum absolute atomic E-state index is 0.0626. The Morgan fingerprint density at radius 1 is 0.931 bits per heavy atom. The molecule has 150 valence electrons. The van der Waals surface area contributed by atoms with Crippen LogP contribution in [0.3, 0.4) is 0 Å². The first-order chi connectivity index (χ1) is 13.7. The minimum Gasteiger partial charge on any atom is -0.334 e. The average molecular weight is 411 g/mol. The monoisotopic (exact) mass is 411 g/mol. The molecule has 0 radical (unpaired) electrons. The standard InChI is InChI=1S/C17H10F5N5O2/c18-11-6-5-9(7-12(11)19)25-15-14(27(28)29)16(24-8-23-15)26-13-4-2-1-3-10(13)17(20,21)22/h1-8H,(H2,23,24,25,26). The van der Waals surface area contributed by atoms with Crippen molar-refractivity contribution in [2.75, 3.05) is 10.6 Å². The number of rotatable bonds is 5. The number of halogens is 5. The summed E-state index contributed by atoms with van der Waals surface area (Å²) in [4.78, 5) is 17.9. The van der Waals surface area contributed by atoms with Crippen LogP contribution >= 0.6 is 0 Å². The van der Waals surface area contributed by atoms with E-state index in [9.17, 15) is 32.1 Å². The van der Waals surface area contributed by atoms with Crippen molar-refractivity contribution >= 4 is 28.7 Å². The van der Waals surface area contributed by atoms with E-state index in [2.05, 4.69) is 20.6 Å². The average Bonchev–Trinajstić information content (AvgIpc) is 2.64. The number of benzene rings is 2. The predicted octanol–water partition coefficient (Wildman–Crippen LogP) is 5.17. The molecule has 2 aromatic carbocycles. The van der Waals surface area contributed by atoms with Gasteiger partial charge in [-0.15, -0.1) is 0 Å². The Hall–Kier alpha value is -3.83. The van der Waals surface area contributed by atoms with Gasteiger partial charge in [0.2, 0.25) is 11.6 Å². The Labute approximate surface area is 159 Å². The number of nitrogens with one attached hydrogen (secondary N) is 2. The van der Waals surface area contributed by atoms with Crippen LogP contribution in [0.25, 0.3) is 0 Å². The maximum Gasteiger partial charge on any atom is 0.418 e. The summed E-state index contributed by atoms with van der Waals surface area (Å²) in [5.41, 5.74) is -2.36. The summed E-state index contributed by atoms with van der Waals surface area (Å²) in [5, 5.41) is 16.2.